The number of rotatable bonds is 4. The number of H-pyrrole nitrogens is 2. The van der Waals surface area contributed by atoms with Gasteiger partial charge in [0, 0.05) is 28.7 Å². The van der Waals surface area contributed by atoms with Crippen LogP contribution in [0, 0.1) is 50.4 Å². The molecule has 0 unspecified atom stereocenters. The zero-order valence-corrected chi connectivity index (χ0v) is 27.4. The molecule has 0 spiro atoms. The number of fused-ring (bicyclic) bond motifs is 6. The number of imidazole rings is 2. The van der Waals surface area contributed by atoms with Crippen LogP contribution in [0.1, 0.15) is 44.5 Å². The second-order valence-corrected chi connectivity index (χ2v) is 12.7. The first-order valence-corrected chi connectivity index (χ1v) is 16.0. The summed E-state index contributed by atoms with van der Waals surface area (Å²) in [6.45, 7) is 7.98. The number of aryl methyl sites for hydroxylation is 4. The van der Waals surface area contributed by atoms with E-state index in [1.54, 1.807) is 8.80 Å². The molecule has 0 saturated heterocycles. The molecule has 8 aromatic rings. The number of aromatic nitrogens is 4. The van der Waals surface area contributed by atoms with Gasteiger partial charge in [0.2, 0.25) is 0 Å². The van der Waals surface area contributed by atoms with Crippen molar-refractivity contribution in [2.24, 2.45) is 0 Å². The third-order valence-electron chi connectivity index (χ3n) is 9.86. The van der Waals surface area contributed by atoms with E-state index in [0.29, 0.717) is 66.8 Å². The van der Waals surface area contributed by atoms with Gasteiger partial charge in [-0.05, 0) is 85.3 Å². The molecular weight excluding hydrogens is 608 g/mol. The second kappa shape index (κ2) is 11.0. The molecule has 0 aliphatic rings. The first-order chi connectivity index (χ1) is 23.7. The lowest BCUT2D eigenvalue weighted by Gasteiger charge is -2.17. The van der Waals surface area contributed by atoms with Crippen molar-refractivity contribution in [1.82, 2.24) is 18.8 Å². The Morgan fingerprint density at radius 3 is 1.31 bits per heavy atom. The van der Waals surface area contributed by atoms with Gasteiger partial charge in [0.05, 0.1) is 22.1 Å². The SMILES string of the molecule is Cc1cc2[nH]c3c(C#N)c(-c4ccccc4)c(Cc4c(-c5ccccc5)c(C#N)c5[nH]c6cc(C)c(C)cc6n5c4=O)c(=O)n3c2cc1C. The standard InChI is InChI=1S/C41H30N6O2/c1-22-15-32-34(17-24(22)3)46-38(44-32)30(20-42)36(26-11-7-5-8-12-26)28(40(46)48)19-29-37(27-13-9-6-10-14-27)31(21-43)39-45-33-16-23(2)25(4)18-35(33)47(39)41(29)49/h5-18,44-45H,19H2,1-4H3. The number of hydrogen-bond donors (Lipinski definition) is 2. The Bertz CT molecular complexity index is 2690. The van der Waals surface area contributed by atoms with Crippen LogP contribution in [-0.2, 0) is 6.42 Å². The Hall–Kier alpha value is -6.64. The molecule has 8 rings (SSSR count). The lowest BCUT2D eigenvalue weighted by Crippen LogP contribution is -2.26. The van der Waals surface area contributed by atoms with Gasteiger partial charge in [-0.25, -0.2) is 0 Å². The minimum absolute atomic E-state index is 0.115. The van der Waals surface area contributed by atoms with Crippen LogP contribution in [0.25, 0.3) is 55.6 Å². The lowest BCUT2D eigenvalue weighted by molar-refractivity contribution is 1.01. The van der Waals surface area contributed by atoms with Gasteiger partial charge in [0.25, 0.3) is 11.1 Å². The van der Waals surface area contributed by atoms with E-state index in [0.717, 1.165) is 33.3 Å². The van der Waals surface area contributed by atoms with Crippen LogP contribution in [0.4, 0.5) is 0 Å². The molecule has 2 N–H and O–H groups in total. The van der Waals surface area contributed by atoms with E-state index in [-0.39, 0.29) is 17.5 Å². The van der Waals surface area contributed by atoms with Crippen molar-refractivity contribution in [3.05, 3.63) is 150 Å². The van der Waals surface area contributed by atoms with Crippen molar-refractivity contribution < 1.29 is 0 Å². The molecule has 0 aliphatic carbocycles. The highest BCUT2D eigenvalue weighted by Gasteiger charge is 2.28. The largest absolute Gasteiger partial charge is 0.338 e. The monoisotopic (exact) mass is 638 g/mol. The van der Waals surface area contributed by atoms with Crippen LogP contribution in [0.15, 0.2) is 94.5 Å². The van der Waals surface area contributed by atoms with Crippen molar-refractivity contribution in [2.45, 2.75) is 34.1 Å². The molecule has 0 saturated carbocycles. The van der Waals surface area contributed by atoms with Crippen molar-refractivity contribution >= 4 is 33.4 Å². The van der Waals surface area contributed by atoms with Crippen LogP contribution in [0.3, 0.4) is 0 Å². The summed E-state index contributed by atoms with van der Waals surface area (Å²) in [5, 5.41) is 21.5. The maximum Gasteiger partial charge on any atom is 0.261 e. The fourth-order valence-corrected chi connectivity index (χ4v) is 7.14. The Morgan fingerprint density at radius 1 is 0.571 bits per heavy atom. The maximum absolute atomic E-state index is 14.9. The fraction of sp³-hybridized carbons (Fsp3) is 0.122. The number of nitrogens with one attached hydrogen (secondary N) is 2. The average Bonchev–Trinajstić information content (AvgIpc) is 3.65. The zero-order chi connectivity index (χ0) is 34.1. The molecule has 0 atom stereocenters. The molecule has 0 amide bonds. The number of aromatic amines is 2. The van der Waals surface area contributed by atoms with Gasteiger partial charge in [0.15, 0.2) is 0 Å². The van der Waals surface area contributed by atoms with Crippen LogP contribution in [-0.4, -0.2) is 18.8 Å². The summed E-state index contributed by atoms with van der Waals surface area (Å²) >= 11 is 0. The van der Waals surface area contributed by atoms with E-state index in [1.807, 2.05) is 113 Å². The maximum atomic E-state index is 14.9. The molecule has 4 aromatic carbocycles. The normalized spacial score (nSPS) is 11.5. The predicted molar refractivity (Wildman–Crippen MR) is 193 cm³/mol. The summed E-state index contributed by atoms with van der Waals surface area (Å²) in [5.74, 6) is 0. The number of nitrogens with zero attached hydrogens (tertiary/aromatic N) is 4. The van der Waals surface area contributed by atoms with Crippen molar-refractivity contribution in [3.8, 4) is 34.4 Å². The van der Waals surface area contributed by atoms with Gasteiger partial charge in [0.1, 0.15) is 34.6 Å². The summed E-state index contributed by atoms with van der Waals surface area (Å²) in [5.41, 5.74) is 10.5. The van der Waals surface area contributed by atoms with E-state index < -0.39 is 0 Å². The van der Waals surface area contributed by atoms with Gasteiger partial charge in [-0.2, -0.15) is 10.5 Å². The van der Waals surface area contributed by atoms with Crippen molar-refractivity contribution in [3.63, 3.8) is 0 Å². The highest BCUT2D eigenvalue weighted by molar-refractivity contribution is 5.91. The summed E-state index contributed by atoms with van der Waals surface area (Å²) in [7, 11) is 0. The predicted octanol–water partition coefficient (Wildman–Crippen LogP) is 7.78. The molecule has 0 bridgehead atoms. The average molecular weight is 639 g/mol. The Morgan fingerprint density at radius 2 is 0.939 bits per heavy atom. The topological polar surface area (TPSA) is 122 Å². The van der Waals surface area contributed by atoms with Gasteiger partial charge in [-0.1, -0.05) is 60.7 Å². The van der Waals surface area contributed by atoms with E-state index in [2.05, 4.69) is 22.1 Å². The minimum Gasteiger partial charge on any atom is -0.338 e. The molecule has 49 heavy (non-hydrogen) atoms. The molecule has 0 radical (unpaired) electrons. The first-order valence-electron chi connectivity index (χ1n) is 16.0. The number of nitriles is 2. The zero-order valence-electron chi connectivity index (χ0n) is 27.4. The minimum atomic E-state index is -0.338. The smallest absolute Gasteiger partial charge is 0.261 e. The molecule has 0 aliphatic heterocycles. The van der Waals surface area contributed by atoms with Crippen LogP contribution >= 0.6 is 0 Å². The molecule has 8 nitrogen and oxygen atoms in total. The molecule has 4 heterocycles. The molecule has 236 valence electrons. The lowest BCUT2D eigenvalue weighted by atomic mass is 9.88. The Labute approximate surface area is 280 Å². The quantitative estimate of drug-likeness (QED) is 0.204. The van der Waals surface area contributed by atoms with E-state index in [4.69, 9.17) is 0 Å². The fourth-order valence-electron chi connectivity index (χ4n) is 7.14. The van der Waals surface area contributed by atoms with Crippen molar-refractivity contribution in [1.29, 1.82) is 10.5 Å². The number of pyridine rings is 2. The first kappa shape index (κ1) is 29.7. The van der Waals surface area contributed by atoms with Gasteiger partial charge in [-0.15, -0.1) is 0 Å². The molecule has 0 fully saturated rings. The van der Waals surface area contributed by atoms with Crippen LogP contribution < -0.4 is 11.1 Å². The third-order valence-corrected chi connectivity index (χ3v) is 9.86. The summed E-state index contributed by atoms with van der Waals surface area (Å²) in [6, 6.07) is 31.3. The number of hydrogen-bond acceptors (Lipinski definition) is 4. The number of benzene rings is 4. The third kappa shape index (κ3) is 4.35. The molecular formula is C41H30N6O2. The Kier molecular flexibility index (Phi) is 6.66. The van der Waals surface area contributed by atoms with Gasteiger partial charge >= 0.3 is 0 Å². The highest BCUT2D eigenvalue weighted by atomic mass is 16.1. The summed E-state index contributed by atoms with van der Waals surface area (Å²) in [4.78, 5) is 36.6. The van der Waals surface area contributed by atoms with E-state index in [9.17, 15) is 20.1 Å². The van der Waals surface area contributed by atoms with Gasteiger partial charge in [-0.3, -0.25) is 18.4 Å². The van der Waals surface area contributed by atoms with Crippen molar-refractivity contribution in [2.75, 3.05) is 0 Å². The molecule has 8 heteroatoms. The highest BCUT2D eigenvalue weighted by Crippen LogP contribution is 2.35. The van der Waals surface area contributed by atoms with E-state index in [1.165, 1.54) is 0 Å². The van der Waals surface area contributed by atoms with E-state index >= 15 is 0 Å². The van der Waals surface area contributed by atoms with Crippen LogP contribution in [0.2, 0.25) is 0 Å². The summed E-state index contributed by atoms with van der Waals surface area (Å²) in [6.07, 6.45) is -0.115. The second-order valence-electron chi connectivity index (χ2n) is 12.7. The Balaban J connectivity index is 1.56. The van der Waals surface area contributed by atoms with Crippen LogP contribution in [0.5, 0.6) is 0 Å². The molecule has 4 aromatic heterocycles. The van der Waals surface area contributed by atoms with Gasteiger partial charge < -0.3 is 9.97 Å². The summed E-state index contributed by atoms with van der Waals surface area (Å²) < 4.78 is 3.12.